The molecule has 1 aromatic carbocycles. The molecule has 1 aliphatic carbocycles. The van der Waals surface area contributed by atoms with E-state index in [2.05, 4.69) is 11.0 Å². The molecule has 1 aliphatic heterocycles. The Balaban J connectivity index is 0.00000208. The summed E-state index contributed by atoms with van der Waals surface area (Å²) in [6.45, 7) is 2.81. The number of methoxy groups -OCH3 is 1. The second-order valence-corrected chi connectivity index (χ2v) is 6.80. The van der Waals surface area contributed by atoms with Crippen LogP contribution in [0.1, 0.15) is 30.4 Å². The normalized spacial score (nSPS) is 18.3. The Hall–Kier alpha value is -1.56. The number of likely N-dealkylation sites (tertiary alicyclic amines) is 1. The van der Waals surface area contributed by atoms with Crippen molar-refractivity contribution in [1.29, 1.82) is 0 Å². The van der Waals surface area contributed by atoms with E-state index in [4.69, 9.17) is 22.1 Å². The molecule has 1 amide bonds. The average Bonchev–Trinajstić information content (AvgIpc) is 2.56. The largest absolute Gasteiger partial charge is 0.496 e. The summed E-state index contributed by atoms with van der Waals surface area (Å²) in [5.74, 6) is 0.808. The van der Waals surface area contributed by atoms with Crippen LogP contribution in [-0.2, 0) is 11.2 Å². The van der Waals surface area contributed by atoms with Crippen molar-refractivity contribution < 1.29 is 15.0 Å². The van der Waals surface area contributed by atoms with E-state index in [0.29, 0.717) is 0 Å². The molecule has 0 atom stereocenters. The van der Waals surface area contributed by atoms with Crippen molar-refractivity contribution in [1.82, 2.24) is 4.90 Å². The van der Waals surface area contributed by atoms with Gasteiger partial charge in [-0.25, -0.2) is 0 Å². The number of benzene rings is 1. The van der Waals surface area contributed by atoms with E-state index in [0.717, 1.165) is 61.7 Å². The van der Waals surface area contributed by atoms with E-state index in [1.165, 1.54) is 11.1 Å². The summed E-state index contributed by atoms with van der Waals surface area (Å²) in [7, 11) is 1.70. The summed E-state index contributed by atoms with van der Waals surface area (Å²) in [4.78, 5) is 13.7. The molecule has 24 heavy (non-hydrogen) atoms. The lowest BCUT2D eigenvalue weighted by molar-refractivity contribution is -0.123. The Kier molecular flexibility index (Phi) is 6.27. The van der Waals surface area contributed by atoms with Gasteiger partial charge < -0.3 is 15.9 Å². The van der Waals surface area contributed by atoms with Crippen molar-refractivity contribution >= 4 is 23.6 Å². The van der Waals surface area contributed by atoms with Crippen molar-refractivity contribution in [3.05, 3.63) is 33.9 Å². The SMILES string of the molecule is COc1ccc(Cl)c2c1CCC(CN1CCC(C(N)=O)CC1)=C2.O. The molecule has 0 spiro atoms. The number of hydrogen-bond donors (Lipinski definition) is 1. The molecule has 6 heteroatoms. The molecule has 0 aromatic heterocycles. The van der Waals surface area contributed by atoms with Gasteiger partial charge in [-0.2, -0.15) is 0 Å². The molecular formula is C18H25ClN2O3. The Bertz CT molecular complexity index is 637. The molecule has 2 aliphatic rings. The van der Waals surface area contributed by atoms with Gasteiger partial charge in [-0.1, -0.05) is 23.3 Å². The summed E-state index contributed by atoms with van der Waals surface area (Å²) in [6.07, 6.45) is 5.94. The number of rotatable bonds is 4. The van der Waals surface area contributed by atoms with Gasteiger partial charge in [0.25, 0.3) is 0 Å². The summed E-state index contributed by atoms with van der Waals surface area (Å²) in [5, 5.41) is 0.783. The summed E-state index contributed by atoms with van der Waals surface area (Å²) in [5.41, 5.74) is 9.09. The fraction of sp³-hybridized carbons (Fsp3) is 0.500. The number of piperidine rings is 1. The van der Waals surface area contributed by atoms with Crippen LogP contribution in [-0.4, -0.2) is 43.0 Å². The fourth-order valence-electron chi connectivity index (χ4n) is 3.57. The van der Waals surface area contributed by atoms with Crippen molar-refractivity contribution in [3.8, 4) is 5.75 Å². The number of nitrogens with zero attached hydrogens (tertiary/aromatic N) is 1. The van der Waals surface area contributed by atoms with Gasteiger partial charge in [-0.05, 0) is 56.5 Å². The van der Waals surface area contributed by atoms with Crippen molar-refractivity contribution in [3.63, 3.8) is 0 Å². The Morgan fingerprint density at radius 1 is 1.33 bits per heavy atom. The number of halogens is 1. The minimum absolute atomic E-state index is 0. The van der Waals surface area contributed by atoms with Crippen LogP contribution in [0.2, 0.25) is 5.02 Å². The molecule has 0 radical (unpaired) electrons. The second-order valence-electron chi connectivity index (χ2n) is 6.40. The second kappa shape index (κ2) is 8.01. The van der Waals surface area contributed by atoms with Crippen LogP contribution >= 0.6 is 11.6 Å². The third-order valence-corrected chi connectivity index (χ3v) is 5.27. The Morgan fingerprint density at radius 3 is 2.67 bits per heavy atom. The number of fused-ring (bicyclic) bond motifs is 1. The van der Waals surface area contributed by atoms with Crippen LogP contribution in [0.25, 0.3) is 6.08 Å². The number of primary amides is 1. The van der Waals surface area contributed by atoms with E-state index in [1.54, 1.807) is 7.11 Å². The molecule has 1 fully saturated rings. The molecule has 1 saturated heterocycles. The first kappa shape index (κ1) is 18.8. The van der Waals surface area contributed by atoms with Gasteiger partial charge in [-0.3, -0.25) is 9.69 Å². The van der Waals surface area contributed by atoms with E-state index in [9.17, 15) is 4.79 Å². The zero-order chi connectivity index (χ0) is 16.4. The minimum Gasteiger partial charge on any atom is -0.496 e. The van der Waals surface area contributed by atoms with E-state index in [1.807, 2.05) is 12.1 Å². The quantitative estimate of drug-likeness (QED) is 0.899. The molecule has 132 valence electrons. The smallest absolute Gasteiger partial charge is 0.220 e. The number of amides is 1. The van der Waals surface area contributed by atoms with Crippen LogP contribution in [0, 0.1) is 5.92 Å². The minimum atomic E-state index is -0.158. The van der Waals surface area contributed by atoms with Gasteiger partial charge in [0.05, 0.1) is 7.11 Å². The summed E-state index contributed by atoms with van der Waals surface area (Å²) in [6, 6.07) is 3.84. The van der Waals surface area contributed by atoms with E-state index in [-0.39, 0.29) is 17.3 Å². The number of nitrogens with two attached hydrogens (primary N) is 1. The molecule has 0 bridgehead atoms. The maximum Gasteiger partial charge on any atom is 0.220 e. The summed E-state index contributed by atoms with van der Waals surface area (Å²) < 4.78 is 5.44. The molecule has 3 rings (SSSR count). The van der Waals surface area contributed by atoms with Gasteiger partial charge in [-0.15, -0.1) is 0 Å². The highest BCUT2D eigenvalue weighted by Crippen LogP contribution is 2.36. The molecule has 4 N–H and O–H groups in total. The van der Waals surface area contributed by atoms with Gasteiger partial charge in [0, 0.05) is 23.0 Å². The summed E-state index contributed by atoms with van der Waals surface area (Å²) >= 11 is 6.37. The first-order chi connectivity index (χ1) is 11.1. The standard InChI is InChI=1S/C18H23ClN2O2.H2O/c1-23-17-5-4-16(19)15-10-12(2-3-14(15)17)11-21-8-6-13(7-9-21)18(20)22;/h4-5,10,13H,2-3,6-9,11H2,1H3,(H2,20,22);1H2. The lowest BCUT2D eigenvalue weighted by atomic mass is 9.90. The van der Waals surface area contributed by atoms with Gasteiger partial charge in [0.1, 0.15) is 5.75 Å². The third-order valence-electron chi connectivity index (χ3n) is 4.94. The molecular weight excluding hydrogens is 328 g/mol. The molecule has 5 nitrogen and oxygen atoms in total. The topological polar surface area (TPSA) is 87.1 Å². The maximum absolute atomic E-state index is 11.3. The monoisotopic (exact) mass is 352 g/mol. The highest BCUT2D eigenvalue weighted by molar-refractivity contribution is 6.32. The predicted molar refractivity (Wildman–Crippen MR) is 96.3 cm³/mol. The van der Waals surface area contributed by atoms with Crippen LogP contribution in [0.15, 0.2) is 17.7 Å². The number of hydrogen-bond acceptors (Lipinski definition) is 3. The first-order valence-corrected chi connectivity index (χ1v) is 8.52. The molecule has 1 heterocycles. The molecule has 0 saturated carbocycles. The highest BCUT2D eigenvalue weighted by atomic mass is 35.5. The predicted octanol–water partition coefficient (Wildman–Crippen LogP) is 2.05. The van der Waals surface area contributed by atoms with Crippen LogP contribution < -0.4 is 10.5 Å². The zero-order valence-corrected chi connectivity index (χ0v) is 14.7. The van der Waals surface area contributed by atoms with Gasteiger partial charge in [0.2, 0.25) is 5.91 Å². The molecule has 0 unspecified atom stereocenters. The Labute approximate surface area is 147 Å². The Morgan fingerprint density at radius 2 is 2.04 bits per heavy atom. The molecule has 1 aromatic rings. The van der Waals surface area contributed by atoms with Gasteiger partial charge in [0.15, 0.2) is 0 Å². The van der Waals surface area contributed by atoms with Gasteiger partial charge >= 0.3 is 0 Å². The van der Waals surface area contributed by atoms with E-state index >= 15 is 0 Å². The van der Waals surface area contributed by atoms with Crippen molar-refractivity contribution in [2.75, 3.05) is 26.7 Å². The third kappa shape index (κ3) is 3.91. The highest BCUT2D eigenvalue weighted by Gasteiger charge is 2.24. The maximum atomic E-state index is 11.3. The van der Waals surface area contributed by atoms with E-state index < -0.39 is 0 Å². The lowest BCUT2D eigenvalue weighted by Gasteiger charge is -2.32. The lowest BCUT2D eigenvalue weighted by Crippen LogP contribution is -2.39. The van der Waals surface area contributed by atoms with Crippen LogP contribution in [0.3, 0.4) is 0 Å². The van der Waals surface area contributed by atoms with Crippen LogP contribution in [0.4, 0.5) is 0 Å². The van der Waals surface area contributed by atoms with Crippen LogP contribution in [0.5, 0.6) is 5.75 Å². The first-order valence-electron chi connectivity index (χ1n) is 8.15. The fourth-order valence-corrected chi connectivity index (χ4v) is 3.80. The number of carbonyl (C=O) groups excluding carboxylic acids is 1. The number of ether oxygens (including phenoxy) is 1. The average molecular weight is 353 g/mol. The zero-order valence-electron chi connectivity index (χ0n) is 14.0. The van der Waals surface area contributed by atoms with Crippen molar-refractivity contribution in [2.45, 2.75) is 25.7 Å². The number of carbonyl (C=O) groups is 1. The van der Waals surface area contributed by atoms with Crippen molar-refractivity contribution in [2.24, 2.45) is 11.7 Å².